The van der Waals surface area contributed by atoms with Gasteiger partial charge in [-0.15, -0.1) is 0 Å². The number of amides is 1. The monoisotopic (exact) mass is 898 g/mol. The molecular weight excluding hydrogens is 796 g/mol. The van der Waals surface area contributed by atoms with Gasteiger partial charge in [0.05, 0.1) is 33.8 Å². The lowest BCUT2D eigenvalue weighted by Gasteiger charge is -2.27. The number of likely N-dealkylation sites (N-methyl/N-ethyl adjacent to an activating group) is 1. The highest BCUT2D eigenvalue weighted by Gasteiger charge is 2.30. The van der Waals surface area contributed by atoms with E-state index in [1.807, 2.05) is 33.3 Å². The van der Waals surface area contributed by atoms with E-state index in [1.165, 1.54) is 128 Å². The number of ether oxygens (including phenoxy) is 1. The average molecular weight is 898 g/mol. The van der Waals surface area contributed by atoms with Crippen molar-refractivity contribution in [2.45, 2.75) is 258 Å². The zero-order valence-corrected chi connectivity index (χ0v) is 42.5. The van der Waals surface area contributed by atoms with E-state index in [0.29, 0.717) is 23.9 Å². The summed E-state index contributed by atoms with van der Waals surface area (Å²) in [6.07, 6.45) is 47.4. The van der Waals surface area contributed by atoms with E-state index < -0.39 is 20.0 Å². The average Bonchev–Trinajstić information content (AvgIpc) is 3.22. The molecule has 0 spiro atoms. The normalized spacial score (nSPS) is 14.1. The number of carbonyl (C=O) groups excluding carboxylic acids is 2. The Balaban J connectivity index is 5.39. The molecular formula is C52H102N2O7P+. The number of rotatable bonds is 47. The smallest absolute Gasteiger partial charge is 0.456 e. The first-order chi connectivity index (χ1) is 29.9. The van der Waals surface area contributed by atoms with Crippen LogP contribution in [-0.2, 0) is 27.9 Å². The summed E-state index contributed by atoms with van der Waals surface area (Å²) in [5.41, 5.74) is 0. The molecule has 0 aliphatic carbocycles. The molecule has 0 rings (SSSR count). The lowest BCUT2D eigenvalue weighted by Crippen LogP contribution is -2.47. The first-order valence-corrected chi connectivity index (χ1v) is 27.7. The lowest BCUT2D eigenvalue weighted by atomic mass is 10.0. The number of hydrogen-bond donors (Lipinski definition) is 2. The summed E-state index contributed by atoms with van der Waals surface area (Å²) in [6, 6.07) is -0.843. The number of phosphoric ester groups is 1. The largest absolute Gasteiger partial charge is 0.472 e. The molecule has 0 radical (unpaired) electrons. The van der Waals surface area contributed by atoms with Crippen molar-refractivity contribution < 1.29 is 37.3 Å². The van der Waals surface area contributed by atoms with E-state index in [0.717, 1.165) is 83.5 Å². The Morgan fingerprint density at radius 3 is 1.42 bits per heavy atom. The highest BCUT2D eigenvalue weighted by Crippen LogP contribution is 2.43. The fourth-order valence-electron chi connectivity index (χ4n) is 7.51. The van der Waals surface area contributed by atoms with Crippen molar-refractivity contribution >= 4 is 19.7 Å². The SMILES string of the molecule is CCCC/C=C\CCCCCCCC(=O)NC(COP(=O)(O)OCC[N+](C)(C)C)C(/C=C/CCCCCCCCCCC)OC(=O)CCCCCCCCCCCCCCCC. The molecule has 0 aromatic heterocycles. The van der Waals surface area contributed by atoms with E-state index >= 15 is 0 Å². The van der Waals surface area contributed by atoms with Crippen molar-refractivity contribution in [2.24, 2.45) is 0 Å². The number of nitrogens with zero attached hydrogens (tertiary/aromatic N) is 1. The third-order valence-corrected chi connectivity index (χ3v) is 12.6. The van der Waals surface area contributed by atoms with Crippen LogP contribution in [0, 0.1) is 0 Å². The number of hydrogen-bond acceptors (Lipinski definition) is 6. The van der Waals surface area contributed by atoms with Crippen LogP contribution in [0.4, 0.5) is 0 Å². The molecule has 2 N–H and O–H groups in total. The van der Waals surface area contributed by atoms with Crippen LogP contribution in [0.1, 0.15) is 245 Å². The highest BCUT2D eigenvalue weighted by atomic mass is 31.2. The van der Waals surface area contributed by atoms with Crippen LogP contribution in [-0.4, -0.2) is 74.3 Å². The Kier molecular flexibility index (Phi) is 42.3. The lowest BCUT2D eigenvalue weighted by molar-refractivity contribution is -0.870. The van der Waals surface area contributed by atoms with Crippen LogP contribution >= 0.6 is 7.82 Å². The summed E-state index contributed by atoms with van der Waals surface area (Å²) in [4.78, 5) is 37.3. The molecule has 0 aliphatic rings. The summed E-state index contributed by atoms with van der Waals surface area (Å²) in [5, 5.41) is 3.03. The summed E-state index contributed by atoms with van der Waals surface area (Å²) in [6.45, 7) is 6.96. The minimum Gasteiger partial charge on any atom is -0.456 e. The van der Waals surface area contributed by atoms with Crippen molar-refractivity contribution in [3.63, 3.8) is 0 Å². The van der Waals surface area contributed by atoms with E-state index in [-0.39, 0.29) is 25.1 Å². The van der Waals surface area contributed by atoms with Crippen LogP contribution in [0.3, 0.4) is 0 Å². The zero-order chi connectivity index (χ0) is 45.8. The number of allylic oxidation sites excluding steroid dienone is 3. The molecule has 1 amide bonds. The molecule has 3 unspecified atom stereocenters. The van der Waals surface area contributed by atoms with Crippen molar-refractivity contribution in [3.8, 4) is 0 Å². The van der Waals surface area contributed by atoms with Gasteiger partial charge >= 0.3 is 13.8 Å². The fraction of sp³-hybridized carbons (Fsp3) is 0.885. The van der Waals surface area contributed by atoms with Crippen molar-refractivity contribution in [2.75, 3.05) is 40.9 Å². The summed E-state index contributed by atoms with van der Waals surface area (Å²) < 4.78 is 30.5. The molecule has 9 nitrogen and oxygen atoms in total. The quantitative estimate of drug-likeness (QED) is 0.0206. The van der Waals surface area contributed by atoms with Gasteiger partial charge in [0, 0.05) is 12.8 Å². The Hall–Kier alpha value is -1.51. The standard InChI is InChI=1S/C52H101N2O7P/c1-7-10-13-16-19-22-25-26-27-30-33-36-39-42-45-52(56)61-50(43-40-37-34-31-28-23-20-17-14-11-8-2)49(48-60-62(57,58)59-47-46-54(4,5)6)53-51(55)44-41-38-35-32-29-24-21-18-15-12-9-3/h18,21,40,43,49-50H,7-17,19-20,22-39,41-42,44-48H2,1-6H3,(H-,53,55,57,58)/p+1/b21-18-,43-40+. The highest BCUT2D eigenvalue weighted by molar-refractivity contribution is 7.47. The van der Waals surface area contributed by atoms with Gasteiger partial charge in [0.2, 0.25) is 5.91 Å². The first kappa shape index (κ1) is 60.5. The maximum absolute atomic E-state index is 13.4. The minimum absolute atomic E-state index is 0.0414. The van der Waals surface area contributed by atoms with Gasteiger partial charge in [-0.1, -0.05) is 206 Å². The summed E-state index contributed by atoms with van der Waals surface area (Å²) in [5.74, 6) is -0.510. The van der Waals surface area contributed by atoms with E-state index in [4.69, 9.17) is 13.8 Å². The van der Waals surface area contributed by atoms with Gasteiger partial charge in [-0.05, 0) is 51.0 Å². The summed E-state index contributed by atoms with van der Waals surface area (Å²) >= 11 is 0. The number of nitrogens with one attached hydrogen (secondary N) is 1. The van der Waals surface area contributed by atoms with Gasteiger partial charge in [-0.2, -0.15) is 0 Å². The van der Waals surface area contributed by atoms with E-state index in [1.54, 1.807) is 0 Å². The Labute approximate surface area is 383 Å². The van der Waals surface area contributed by atoms with Gasteiger partial charge < -0.3 is 19.4 Å². The number of quaternary nitrogens is 1. The van der Waals surface area contributed by atoms with Gasteiger partial charge in [-0.3, -0.25) is 18.6 Å². The fourth-order valence-corrected chi connectivity index (χ4v) is 8.24. The van der Waals surface area contributed by atoms with Gasteiger partial charge in [0.15, 0.2) is 0 Å². The zero-order valence-electron chi connectivity index (χ0n) is 41.6. The van der Waals surface area contributed by atoms with Crippen LogP contribution in [0.15, 0.2) is 24.3 Å². The van der Waals surface area contributed by atoms with E-state index in [2.05, 4.69) is 38.2 Å². The molecule has 0 saturated heterocycles. The molecule has 0 aliphatic heterocycles. The third-order valence-electron chi connectivity index (χ3n) is 11.6. The summed E-state index contributed by atoms with van der Waals surface area (Å²) in [7, 11) is 1.50. The number of phosphoric acid groups is 1. The second kappa shape index (κ2) is 43.4. The maximum atomic E-state index is 13.4. The second-order valence-corrected chi connectivity index (χ2v) is 20.5. The van der Waals surface area contributed by atoms with Gasteiger partial charge in [0.25, 0.3) is 0 Å². The molecule has 0 saturated carbocycles. The topological polar surface area (TPSA) is 111 Å². The molecule has 10 heteroatoms. The first-order valence-electron chi connectivity index (χ1n) is 26.2. The van der Waals surface area contributed by atoms with Gasteiger partial charge in [0.1, 0.15) is 19.3 Å². The molecule has 0 bridgehead atoms. The van der Waals surface area contributed by atoms with Crippen molar-refractivity contribution in [1.82, 2.24) is 5.32 Å². The predicted molar refractivity (Wildman–Crippen MR) is 263 cm³/mol. The molecule has 0 heterocycles. The number of carbonyl (C=O) groups is 2. The molecule has 0 aromatic carbocycles. The molecule has 366 valence electrons. The van der Waals surface area contributed by atoms with Crippen LogP contribution < -0.4 is 5.32 Å². The maximum Gasteiger partial charge on any atom is 0.472 e. The second-order valence-electron chi connectivity index (χ2n) is 19.1. The number of unbranched alkanes of at least 4 members (excludes halogenated alkanes) is 29. The van der Waals surface area contributed by atoms with Gasteiger partial charge in [-0.25, -0.2) is 4.57 Å². The van der Waals surface area contributed by atoms with Crippen LogP contribution in [0.25, 0.3) is 0 Å². The molecule has 3 atom stereocenters. The third kappa shape index (κ3) is 43.7. The van der Waals surface area contributed by atoms with Crippen LogP contribution in [0.2, 0.25) is 0 Å². The molecule has 62 heavy (non-hydrogen) atoms. The van der Waals surface area contributed by atoms with Crippen molar-refractivity contribution in [3.05, 3.63) is 24.3 Å². The molecule has 0 aromatic rings. The van der Waals surface area contributed by atoms with Crippen LogP contribution in [0.5, 0.6) is 0 Å². The Morgan fingerprint density at radius 1 is 0.548 bits per heavy atom. The van der Waals surface area contributed by atoms with Crippen molar-refractivity contribution in [1.29, 1.82) is 0 Å². The number of esters is 1. The van der Waals surface area contributed by atoms with E-state index in [9.17, 15) is 19.0 Å². The molecule has 0 fully saturated rings. The predicted octanol–water partition coefficient (Wildman–Crippen LogP) is 15.0. The Bertz CT molecular complexity index is 1120. The minimum atomic E-state index is -4.43. The Morgan fingerprint density at radius 2 is 0.952 bits per heavy atom.